The molecule has 2 rings (SSSR count). The Morgan fingerprint density at radius 1 is 1.08 bits per heavy atom. The SMILES string of the molecule is CC(C)C(CNC(=O)CCC(=O)c1ccc(Cl)s1)c1ccccc1. The van der Waals surface area contributed by atoms with Crippen LogP contribution in [0.3, 0.4) is 0 Å². The van der Waals surface area contributed by atoms with Gasteiger partial charge in [-0.3, -0.25) is 9.59 Å². The summed E-state index contributed by atoms with van der Waals surface area (Å²) in [7, 11) is 0. The summed E-state index contributed by atoms with van der Waals surface area (Å²) in [5, 5.41) is 2.96. The molecule has 2 aromatic rings. The number of benzene rings is 1. The summed E-state index contributed by atoms with van der Waals surface area (Å²) in [5.41, 5.74) is 1.22. The van der Waals surface area contributed by atoms with E-state index in [0.29, 0.717) is 21.7 Å². The zero-order chi connectivity index (χ0) is 17.5. The number of nitrogens with one attached hydrogen (secondary N) is 1. The second-order valence-corrected chi connectivity index (χ2v) is 7.81. The molecule has 1 aromatic heterocycles. The van der Waals surface area contributed by atoms with Crippen molar-refractivity contribution in [2.45, 2.75) is 32.6 Å². The molecule has 0 fully saturated rings. The van der Waals surface area contributed by atoms with E-state index in [9.17, 15) is 9.59 Å². The number of thiophene rings is 1. The molecule has 1 unspecified atom stereocenters. The van der Waals surface area contributed by atoms with Crippen LogP contribution in [-0.4, -0.2) is 18.2 Å². The van der Waals surface area contributed by atoms with Crippen LogP contribution in [0, 0.1) is 5.92 Å². The van der Waals surface area contributed by atoms with Crippen LogP contribution in [0.25, 0.3) is 0 Å². The maximum Gasteiger partial charge on any atom is 0.220 e. The molecule has 0 saturated heterocycles. The summed E-state index contributed by atoms with van der Waals surface area (Å²) in [5.74, 6) is 0.558. The van der Waals surface area contributed by atoms with Gasteiger partial charge < -0.3 is 5.32 Å². The number of carbonyl (C=O) groups excluding carboxylic acids is 2. The molecule has 24 heavy (non-hydrogen) atoms. The summed E-state index contributed by atoms with van der Waals surface area (Å²) in [6.45, 7) is 4.88. The van der Waals surface area contributed by atoms with Gasteiger partial charge in [-0.05, 0) is 23.6 Å². The van der Waals surface area contributed by atoms with E-state index in [1.165, 1.54) is 16.9 Å². The highest BCUT2D eigenvalue weighted by Gasteiger charge is 2.17. The minimum atomic E-state index is -0.0902. The molecule has 0 saturated carbocycles. The molecule has 1 aromatic carbocycles. The van der Waals surface area contributed by atoms with Gasteiger partial charge in [0.15, 0.2) is 5.78 Å². The minimum absolute atomic E-state index is 0.0366. The average molecular weight is 364 g/mol. The molecular formula is C19H22ClNO2S. The molecule has 3 nitrogen and oxygen atoms in total. The Bertz CT molecular complexity index is 682. The fourth-order valence-corrected chi connectivity index (χ4v) is 3.58. The smallest absolute Gasteiger partial charge is 0.220 e. The van der Waals surface area contributed by atoms with Crippen LogP contribution in [0.1, 0.15) is 47.8 Å². The standard InChI is InChI=1S/C19H22ClNO2S/c1-13(2)15(14-6-4-3-5-7-14)12-21-19(23)11-8-16(22)17-9-10-18(20)24-17/h3-7,9-10,13,15H,8,11-12H2,1-2H3,(H,21,23). The van der Waals surface area contributed by atoms with Gasteiger partial charge in [-0.25, -0.2) is 0 Å². The molecule has 0 aliphatic heterocycles. The molecule has 5 heteroatoms. The first kappa shape index (κ1) is 18.7. The monoisotopic (exact) mass is 363 g/mol. The molecule has 1 N–H and O–H groups in total. The molecule has 0 bridgehead atoms. The Labute approximate surface area is 152 Å². The molecule has 0 radical (unpaired) electrons. The summed E-state index contributed by atoms with van der Waals surface area (Å²) in [4.78, 5) is 24.7. The van der Waals surface area contributed by atoms with Gasteiger partial charge in [0.2, 0.25) is 5.91 Å². The number of Topliss-reactive ketones (excluding diaryl/α,β-unsaturated/α-hetero) is 1. The van der Waals surface area contributed by atoms with Crippen LogP contribution < -0.4 is 5.32 Å². The average Bonchev–Trinajstić information content (AvgIpc) is 3.00. The largest absolute Gasteiger partial charge is 0.355 e. The van der Waals surface area contributed by atoms with Gasteiger partial charge in [-0.15, -0.1) is 11.3 Å². The zero-order valence-corrected chi connectivity index (χ0v) is 15.5. The Hall–Kier alpha value is -1.65. The number of carbonyl (C=O) groups is 2. The van der Waals surface area contributed by atoms with E-state index in [4.69, 9.17) is 11.6 Å². The summed E-state index contributed by atoms with van der Waals surface area (Å²) in [6.07, 6.45) is 0.411. The molecule has 128 valence electrons. The third-order valence-electron chi connectivity index (χ3n) is 3.98. The first-order chi connectivity index (χ1) is 11.5. The Morgan fingerprint density at radius 3 is 2.38 bits per heavy atom. The lowest BCUT2D eigenvalue weighted by atomic mass is 9.88. The van der Waals surface area contributed by atoms with Crippen LogP contribution in [0.15, 0.2) is 42.5 Å². The predicted octanol–water partition coefficient (Wildman–Crippen LogP) is 4.92. The highest BCUT2D eigenvalue weighted by Crippen LogP contribution is 2.24. The first-order valence-corrected chi connectivity index (χ1v) is 9.27. The number of ketones is 1. The zero-order valence-electron chi connectivity index (χ0n) is 13.9. The Kier molecular flexibility index (Phi) is 7.00. The topological polar surface area (TPSA) is 46.2 Å². The van der Waals surface area contributed by atoms with Gasteiger partial charge in [-0.2, -0.15) is 0 Å². The van der Waals surface area contributed by atoms with Gasteiger partial charge >= 0.3 is 0 Å². The van der Waals surface area contributed by atoms with Gasteiger partial charge in [0.05, 0.1) is 9.21 Å². The Morgan fingerprint density at radius 2 is 1.79 bits per heavy atom. The van der Waals surface area contributed by atoms with E-state index >= 15 is 0 Å². The maximum absolute atomic E-state index is 12.1. The molecule has 0 spiro atoms. The van der Waals surface area contributed by atoms with E-state index in [1.54, 1.807) is 12.1 Å². The predicted molar refractivity (Wildman–Crippen MR) is 99.9 cm³/mol. The van der Waals surface area contributed by atoms with E-state index in [1.807, 2.05) is 18.2 Å². The van der Waals surface area contributed by atoms with Crippen molar-refractivity contribution in [1.82, 2.24) is 5.32 Å². The second-order valence-electron chi connectivity index (χ2n) is 6.09. The Balaban J connectivity index is 1.82. The third-order valence-corrected chi connectivity index (χ3v) is 5.25. The number of hydrogen-bond acceptors (Lipinski definition) is 3. The number of halogens is 1. The van der Waals surface area contributed by atoms with Gasteiger partial charge in [-0.1, -0.05) is 55.8 Å². The molecule has 0 aliphatic rings. The highest BCUT2D eigenvalue weighted by molar-refractivity contribution is 7.18. The quantitative estimate of drug-likeness (QED) is 0.676. The molecule has 1 atom stereocenters. The van der Waals surface area contributed by atoms with Crippen LogP contribution in [0.4, 0.5) is 0 Å². The number of amides is 1. The van der Waals surface area contributed by atoms with Crippen molar-refractivity contribution in [3.63, 3.8) is 0 Å². The molecule has 0 aliphatic carbocycles. The number of rotatable bonds is 8. The van der Waals surface area contributed by atoms with Gasteiger partial charge in [0.25, 0.3) is 0 Å². The lowest BCUT2D eigenvalue weighted by Gasteiger charge is -2.21. The van der Waals surface area contributed by atoms with Crippen molar-refractivity contribution in [1.29, 1.82) is 0 Å². The fraction of sp³-hybridized carbons (Fsp3) is 0.368. The number of hydrogen-bond donors (Lipinski definition) is 1. The van der Waals surface area contributed by atoms with E-state index in [-0.39, 0.29) is 30.4 Å². The summed E-state index contributed by atoms with van der Waals surface area (Å²) >= 11 is 7.08. The van der Waals surface area contributed by atoms with Crippen LogP contribution >= 0.6 is 22.9 Å². The fourth-order valence-electron chi connectivity index (χ4n) is 2.57. The van der Waals surface area contributed by atoms with Gasteiger partial charge in [0, 0.05) is 25.3 Å². The molecule has 1 heterocycles. The van der Waals surface area contributed by atoms with Crippen molar-refractivity contribution in [2.75, 3.05) is 6.54 Å². The first-order valence-electron chi connectivity index (χ1n) is 8.07. The van der Waals surface area contributed by atoms with Crippen molar-refractivity contribution >= 4 is 34.6 Å². The van der Waals surface area contributed by atoms with E-state index in [0.717, 1.165) is 0 Å². The van der Waals surface area contributed by atoms with Gasteiger partial charge in [0.1, 0.15) is 0 Å². The summed E-state index contributed by atoms with van der Waals surface area (Å²) in [6, 6.07) is 13.6. The van der Waals surface area contributed by atoms with Crippen molar-refractivity contribution in [2.24, 2.45) is 5.92 Å². The van der Waals surface area contributed by atoms with Crippen molar-refractivity contribution in [3.05, 3.63) is 57.2 Å². The van der Waals surface area contributed by atoms with Crippen LogP contribution in [-0.2, 0) is 4.79 Å². The molecular weight excluding hydrogens is 342 g/mol. The minimum Gasteiger partial charge on any atom is -0.355 e. The van der Waals surface area contributed by atoms with Crippen molar-refractivity contribution < 1.29 is 9.59 Å². The van der Waals surface area contributed by atoms with Crippen LogP contribution in [0.2, 0.25) is 4.34 Å². The maximum atomic E-state index is 12.1. The molecule has 1 amide bonds. The second kappa shape index (κ2) is 9.00. The lowest BCUT2D eigenvalue weighted by molar-refractivity contribution is -0.121. The lowest BCUT2D eigenvalue weighted by Crippen LogP contribution is -2.30. The third kappa shape index (κ3) is 5.46. The van der Waals surface area contributed by atoms with Crippen LogP contribution in [0.5, 0.6) is 0 Å². The van der Waals surface area contributed by atoms with E-state index < -0.39 is 0 Å². The van der Waals surface area contributed by atoms with E-state index in [2.05, 4.69) is 31.3 Å². The highest BCUT2D eigenvalue weighted by atomic mass is 35.5. The van der Waals surface area contributed by atoms with Crippen molar-refractivity contribution in [3.8, 4) is 0 Å². The normalized spacial score (nSPS) is 12.2. The summed E-state index contributed by atoms with van der Waals surface area (Å²) < 4.78 is 0.588.